The number of hydrogen-bond donors (Lipinski definition) is 1. The zero-order chi connectivity index (χ0) is 14.3. The number of hydrogen-bond acceptors (Lipinski definition) is 3. The fraction of sp³-hybridized carbons (Fsp3) is 0.286. The van der Waals surface area contributed by atoms with E-state index < -0.39 is 5.97 Å². The highest BCUT2D eigenvalue weighted by Crippen LogP contribution is 2.29. The van der Waals surface area contributed by atoms with Crippen molar-refractivity contribution in [2.45, 2.75) is 6.42 Å². The molecule has 4 nitrogen and oxygen atoms in total. The Bertz CT molecular complexity index is 691. The molecule has 0 saturated carbocycles. The maximum atomic E-state index is 13.1. The minimum absolute atomic E-state index is 0.0447. The second-order valence-electron chi connectivity index (χ2n) is 4.97. The Hall–Kier alpha value is -1.95. The monoisotopic (exact) mass is 293 g/mol. The summed E-state index contributed by atoms with van der Waals surface area (Å²) in [6.07, 6.45) is 0.0986. The van der Waals surface area contributed by atoms with Gasteiger partial charge in [-0.3, -0.25) is 9.59 Å². The molecule has 0 unspecified atom stereocenters. The summed E-state index contributed by atoms with van der Waals surface area (Å²) in [7, 11) is 0. The van der Waals surface area contributed by atoms with Crippen molar-refractivity contribution in [2.75, 3.05) is 13.1 Å². The average molecular weight is 293 g/mol. The Kier molecular flexibility index (Phi) is 3.17. The standard InChI is InChI=1S/C14H12FNO3S/c15-10-1-2-11-9(4-10)5-12(20-11)14(19)16-6-8(7-16)3-13(17)18/h1-2,4-5,8H,3,6-7H2,(H,17,18). The van der Waals surface area contributed by atoms with E-state index >= 15 is 0 Å². The number of amides is 1. The molecule has 0 radical (unpaired) electrons. The molecule has 3 rings (SSSR count). The fourth-order valence-corrected chi connectivity index (χ4v) is 3.40. The Morgan fingerprint density at radius 1 is 1.35 bits per heavy atom. The van der Waals surface area contributed by atoms with Crippen molar-refractivity contribution in [1.82, 2.24) is 4.90 Å². The summed E-state index contributed by atoms with van der Waals surface area (Å²) in [6.45, 7) is 0.960. The average Bonchev–Trinajstić information content (AvgIpc) is 2.75. The summed E-state index contributed by atoms with van der Waals surface area (Å²) < 4.78 is 14.0. The third-order valence-electron chi connectivity index (χ3n) is 3.40. The lowest BCUT2D eigenvalue weighted by molar-refractivity contribution is -0.139. The van der Waals surface area contributed by atoms with Crippen LogP contribution in [-0.4, -0.2) is 35.0 Å². The molecule has 0 aliphatic carbocycles. The number of thiophene rings is 1. The molecule has 1 aromatic carbocycles. The highest BCUT2D eigenvalue weighted by Gasteiger charge is 2.33. The fourth-order valence-electron chi connectivity index (χ4n) is 2.39. The van der Waals surface area contributed by atoms with Crippen LogP contribution in [-0.2, 0) is 4.79 Å². The van der Waals surface area contributed by atoms with E-state index in [9.17, 15) is 14.0 Å². The zero-order valence-corrected chi connectivity index (χ0v) is 11.3. The molecule has 6 heteroatoms. The van der Waals surface area contributed by atoms with Crippen LogP contribution in [0.4, 0.5) is 4.39 Å². The van der Waals surface area contributed by atoms with E-state index in [-0.39, 0.29) is 24.1 Å². The Morgan fingerprint density at radius 2 is 2.10 bits per heavy atom. The van der Waals surface area contributed by atoms with Gasteiger partial charge in [0.2, 0.25) is 0 Å². The molecule has 0 spiro atoms. The maximum Gasteiger partial charge on any atom is 0.303 e. The van der Waals surface area contributed by atoms with E-state index in [1.807, 2.05) is 0 Å². The zero-order valence-electron chi connectivity index (χ0n) is 10.5. The SMILES string of the molecule is O=C(O)CC1CN(C(=O)c2cc3cc(F)ccc3s2)C1. The van der Waals surface area contributed by atoms with Crippen molar-refractivity contribution >= 4 is 33.3 Å². The normalized spacial score (nSPS) is 15.3. The van der Waals surface area contributed by atoms with Gasteiger partial charge in [0.25, 0.3) is 5.91 Å². The number of carboxylic acids is 1. The van der Waals surface area contributed by atoms with E-state index in [0.29, 0.717) is 18.0 Å². The topological polar surface area (TPSA) is 57.6 Å². The highest BCUT2D eigenvalue weighted by atomic mass is 32.1. The summed E-state index contributed by atoms with van der Waals surface area (Å²) >= 11 is 1.33. The van der Waals surface area contributed by atoms with Crippen molar-refractivity contribution in [3.05, 3.63) is 35.0 Å². The molecule has 1 fully saturated rings. The van der Waals surface area contributed by atoms with Crippen LogP contribution in [0.3, 0.4) is 0 Å². The minimum atomic E-state index is -0.834. The van der Waals surface area contributed by atoms with Crippen molar-refractivity contribution in [3.8, 4) is 0 Å². The molecule has 1 aliphatic rings. The van der Waals surface area contributed by atoms with Gasteiger partial charge < -0.3 is 10.0 Å². The van der Waals surface area contributed by atoms with Crippen LogP contribution in [0.5, 0.6) is 0 Å². The predicted molar refractivity (Wildman–Crippen MR) is 73.4 cm³/mol. The van der Waals surface area contributed by atoms with Crippen LogP contribution in [0.1, 0.15) is 16.1 Å². The number of likely N-dealkylation sites (tertiary alicyclic amines) is 1. The number of halogens is 1. The molecule has 1 aliphatic heterocycles. The first kappa shape index (κ1) is 13.1. The molecule has 1 N–H and O–H groups in total. The molecule has 104 valence electrons. The van der Waals surface area contributed by atoms with Gasteiger partial charge in [0, 0.05) is 23.7 Å². The molecular weight excluding hydrogens is 281 g/mol. The first-order valence-corrected chi connectivity index (χ1v) is 7.05. The maximum absolute atomic E-state index is 13.1. The van der Waals surface area contributed by atoms with Crippen molar-refractivity contribution in [3.63, 3.8) is 0 Å². The minimum Gasteiger partial charge on any atom is -0.481 e. The molecule has 2 heterocycles. The van der Waals surface area contributed by atoms with E-state index in [0.717, 1.165) is 10.1 Å². The van der Waals surface area contributed by atoms with Gasteiger partial charge >= 0.3 is 5.97 Å². The van der Waals surface area contributed by atoms with Gasteiger partial charge in [-0.1, -0.05) is 0 Å². The van der Waals surface area contributed by atoms with Crippen LogP contribution >= 0.6 is 11.3 Å². The Balaban J connectivity index is 1.72. The third kappa shape index (κ3) is 2.38. The van der Waals surface area contributed by atoms with Gasteiger partial charge in [-0.25, -0.2) is 4.39 Å². The van der Waals surface area contributed by atoms with Gasteiger partial charge in [0.1, 0.15) is 5.82 Å². The molecule has 20 heavy (non-hydrogen) atoms. The second kappa shape index (κ2) is 4.86. The second-order valence-corrected chi connectivity index (χ2v) is 6.05. The smallest absolute Gasteiger partial charge is 0.303 e. The van der Waals surface area contributed by atoms with E-state index in [1.54, 1.807) is 17.0 Å². The van der Waals surface area contributed by atoms with Gasteiger partial charge in [-0.2, -0.15) is 0 Å². The van der Waals surface area contributed by atoms with Gasteiger partial charge in [0.05, 0.1) is 11.3 Å². The van der Waals surface area contributed by atoms with E-state index in [2.05, 4.69) is 0 Å². The van der Waals surface area contributed by atoms with E-state index in [1.165, 1.54) is 23.5 Å². The van der Waals surface area contributed by atoms with Gasteiger partial charge in [0.15, 0.2) is 0 Å². The largest absolute Gasteiger partial charge is 0.481 e. The third-order valence-corrected chi connectivity index (χ3v) is 4.50. The molecule has 0 bridgehead atoms. The van der Waals surface area contributed by atoms with Crippen molar-refractivity contribution in [1.29, 1.82) is 0 Å². The number of benzene rings is 1. The predicted octanol–water partition coefficient (Wildman–Crippen LogP) is 2.59. The molecule has 1 saturated heterocycles. The number of nitrogens with zero attached hydrogens (tertiary/aromatic N) is 1. The lowest BCUT2D eigenvalue weighted by Crippen LogP contribution is -2.50. The van der Waals surface area contributed by atoms with Crippen LogP contribution in [0.25, 0.3) is 10.1 Å². The number of carbonyl (C=O) groups is 2. The van der Waals surface area contributed by atoms with Crippen LogP contribution in [0.15, 0.2) is 24.3 Å². The summed E-state index contributed by atoms with van der Waals surface area (Å²) in [5, 5.41) is 9.40. The summed E-state index contributed by atoms with van der Waals surface area (Å²) in [4.78, 5) is 25.0. The summed E-state index contributed by atoms with van der Waals surface area (Å²) in [5.74, 6) is -1.21. The van der Waals surface area contributed by atoms with Crippen LogP contribution < -0.4 is 0 Å². The highest BCUT2D eigenvalue weighted by molar-refractivity contribution is 7.20. The van der Waals surface area contributed by atoms with Gasteiger partial charge in [-0.15, -0.1) is 11.3 Å². The summed E-state index contributed by atoms with van der Waals surface area (Å²) in [6, 6.07) is 6.14. The Morgan fingerprint density at radius 3 is 2.80 bits per heavy atom. The van der Waals surface area contributed by atoms with Gasteiger partial charge in [-0.05, 0) is 29.7 Å². The Labute approximate surface area is 118 Å². The molecule has 1 aromatic heterocycles. The van der Waals surface area contributed by atoms with Crippen LogP contribution in [0.2, 0.25) is 0 Å². The molecule has 0 atom stereocenters. The lowest BCUT2D eigenvalue weighted by Gasteiger charge is -2.38. The number of fused-ring (bicyclic) bond motifs is 1. The molecule has 2 aromatic rings. The number of aliphatic carboxylic acids is 1. The van der Waals surface area contributed by atoms with Crippen molar-refractivity contribution < 1.29 is 19.1 Å². The van der Waals surface area contributed by atoms with Crippen molar-refractivity contribution in [2.24, 2.45) is 5.92 Å². The quantitative estimate of drug-likeness (QED) is 0.946. The first-order chi connectivity index (χ1) is 9.52. The first-order valence-electron chi connectivity index (χ1n) is 6.23. The number of carbonyl (C=O) groups excluding carboxylic acids is 1. The number of rotatable bonds is 3. The summed E-state index contributed by atoms with van der Waals surface area (Å²) in [5.41, 5.74) is 0. The lowest BCUT2D eigenvalue weighted by atomic mass is 9.96. The van der Waals surface area contributed by atoms with Crippen LogP contribution in [0, 0.1) is 11.7 Å². The van der Waals surface area contributed by atoms with E-state index in [4.69, 9.17) is 5.11 Å². The number of carboxylic acid groups (broad SMARTS) is 1. The molecule has 1 amide bonds. The molecular formula is C14H12FNO3S.